The molecule has 0 unspecified atom stereocenters. The number of aromatic nitrogens is 1. The standard InChI is InChI=1S/C14H11ClFNO2/c1-8-3-4-9(5-12(8)16)13-6-11(15)10(7-17-13)14(18)19-2/h3-7H,1-2H3. The van der Waals surface area contributed by atoms with Crippen LogP contribution >= 0.6 is 11.6 Å². The molecular weight excluding hydrogens is 269 g/mol. The molecule has 0 amide bonds. The topological polar surface area (TPSA) is 39.2 Å². The number of benzene rings is 1. The van der Waals surface area contributed by atoms with Crippen LogP contribution in [0.4, 0.5) is 4.39 Å². The lowest BCUT2D eigenvalue weighted by molar-refractivity contribution is 0.0600. The van der Waals surface area contributed by atoms with Crippen molar-refractivity contribution in [2.45, 2.75) is 6.92 Å². The highest BCUT2D eigenvalue weighted by Gasteiger charge is 2.13. The maximum Gasteiger partial charge on any atom is 0.340 e. The number of methoxy groups -OCH3 is 1. The number of esters is 1. The van der Waals surface area contributed by atoms with E-state index in [9.17, 15) is 9.18 Å². The SMILES string of the molecule is COC(=O)c1cnc(-c2ccc(C)c(F)c2)cc1Cl. The highest BCUT2D eigenvalue weighted by Crippen LogP contribution is 2.25. The van der Waals surface area contributed by atoms with E-state index >= 15 is 0 Å². The van der Waals surface area contributed by atoms with Crippen molar-refractivity contribution >= 4 is 17.6 Å². The third kappa shape index (κ3) is 2.74. The lowest BCUT2D eigenvalue weighted by Gasteiger charge is -2.06. The molecule has 1 aromatic carbocycles. The van der Waals surface area contributed by atoms with Crippen molar-refractivity contribution in [3.63, 3.8) is 0 Å². The van der Waals surface area contributed by atoms with Crippen molar-refractivity contribution in [1.29, 1.82) is 0 Å². The Balaban J connectivity index is 2.44. The molecule has 0 aliphatic heterocycles. The number of aryl methyl sites for hydroxylation is 1. The molecule has 0 aliphatic rings. The molecule has 5 heteroatoms. The van der Waals surface area contributed by atoms with Crippen molar-refractivity contribution in [2.75, 3.05) is 7.11 Å². The average molecular weight is 280 g/mol. The molecule has 0 saturated carbocycles. The summed E-state index contributed by atoms with van der Waals surface area (Å²) in [7, 11) is 1.27. The zero-order valence-electron chi connectivity index (χ0n) is 10.4. The van der Waals surface area contributed by atoms with Gasteiger partial charge in [-0.15, -0.1) is 0 Å². The summed E-state index contributed by atoms with van der Waals surface area (Å²) in [5.74, 6) is -0.869. The molecule has 98 valence electrons. The fraction of sp³-hybridized carbons (Fsp3) is 0.143. The molecule has 19 heavy (non-hydrogen) atoms. The Bertz CT molecular complexity index is 643. The van der Waals surface area contributed by atoms with Crippen LogP contribution < -0.4 is 0 Å². The van der Waals surface area contributed by atoms with Gasteiger partial charge in [-0.3, -0.25) is 4.98 Å². The molecular formula is C14H11ClFNO2. The first kappa shape index (κ1) is 13.5. The molecule has 3 nitrogen and oxygen atoms in total. The van der Waals surface area contributed by atoms with E-state index in [0.29, 0.717) is 16.8 Å². The normalized spacial score (nSPS) is 10.3. The van der Waals surface area contributed by atoms with Gasteiger partial charge in [-0.25, -0.2) is 9.18 Å². The number of hydrogen-bond donors (Lipinski definition) is 0. The minimum atomic E-state index is -0.556. The minimum Gasteiger partial charge on any atom is -0.465 e. The zero-order valence-corrected chi connectivity index (χ0v) is 11.2. The second-order valence-corrected chi connectivity index (χ2v) is 4.41. The summed E-state index contributed by atoms with van der Waals surface area (Å²) in [6, 6.07) is 6.30. The van der Waals surface area contributed by atoms with Gasteiger partial charge in [-0.2, -0.15) is 0 Å². The van der Waals surface area contributed by atoms with Crippen LogP contribution in [0.3, 0.4) is 0 Å². The molecule has 0 N–H and O–H groups in total. The van der Waals surface area contributed by atoms with Crippen LogP contribution in [0.1, 0.15) is 15.9 Å². The number of rotatable bonds is 2. The van der Waals surface area contributed by atoms with Gasteiger partial charge in [0.25, 0.3) is 0 Å². The summed E-state index contributed by atoms with van der Waals surface area (Å²) in [5.41, 5.74) is 1.83. The van der Waals surface area contributed by atoms with Crippen LogP contribution in [0.2, 0.25) is 5.02 Å². The Morgan fingerprint density at radius 1 is 1.37 bits per heavy atom. The molecule has 0 fully saturated rings. The summed E-state index contributed by atoms with van der Waals surface area (Å²) < 4.78 is 18.1. The van der Waals surface area contributed by atoms with E-state index in [0.717, 1.165) is 0 Å². The van der Waals surface area contributed by atoms with Crippen LogP contribution in [0.15, 0.2) is 30.5 Å². The van der Waals surface area contributed by atoms with Crippen LogP contribution in [0, 0.1) is 12.7 Å². The van der Waals surface area contributed by atoms with Gasteiger partial charge in [0.15, 0.2) is 0 Å². The van der Waals surface area contributed by atoms with E-state index in [-0.39, 0.29) is 16.4 Å². The molecule has 0 spiro atoms. The van der Waals surface area contributed by atoms with E-state index in [1.807, 2.05) is 0 Å². The Morgan fingerprint density at radius 3 is 2.68 bits per heavy atom. The molecule has 1 heterocycles. The van der Waals surface area contributed by atoms with Gasteiger partial charge in [-0.1, -0.05) is 23.7 Å². The number of carbonyl (C=O) groups excluding carboxylic acids is 1. The van der Waals surface area contributed by atoms with Crippen molar-refractivity contribution in [3.05, 3.63) is 52.4 Å². The van der Waals surface area contributed by atoms with E-state index in [1.165, 1.54) is 25.4 Å². The summed E-state index contributed by atoms with van der Waals surface area (Å²) in [6.07, 6.45) is 1.32. The number of pyridine rings is 1. The molecule has 0 bridgehead atoms. The quantitative estimate of drug-likeness (QED) is 0.788. The maximum atomic E-state index is 13.5. The average Bonchev–Trinajstić information content (AvgIpc) is 2.41. The van der Waals surface area contributed by atoms with Gasteiger partial charge >= 0.3 is 5.97 Å². The van der Waals surface area contributed by atoms with Crippen molar-refractivity contribution < 1.29 is 13.9 Å². The summed E-state index contributed by atoms with van der Waals surface area (Å²) in [4.78, 5) is 15.5. The Morgan fingerprint density at radius 2 is 2.11 bits per heavy atom. The number of hydrogen-bond acceptors (Lipinski definition) is 3. The van der Waals surface area contributed by atoms with Crippen molar-refractivity contribution in [3.8, 4) is 11.3 Å². The summed E-state index contributed by atoms with van der Waals surface area (Å²) in [6.45, 7) is 1.68. The number of halogens is 2. The minimum absolute atomic E-state index is 0.181. The monoisotopic (exact) mass is 279 g/mol. The molecule has 0 aliphatic carbocycles. The molecule has 1 aromatic heterocycles. The van der Waals surface area contributed by atoms with Crippen LogP contribution in [0.5, 0.6) is 0 Å². The fourth-order valence-electron chi connectivity index (χ4n) is 1.60. The number of ether oxygens (including phenoxy) is 1. The first-order valence-corrected chi connectivity index (χ1v) is 5.91. The number of carbonyl (C=O) groups is 1. The summed E-state index contributed by atoms with van der Waals surface area (Å²) >= 11 is 5.99. The second kappa shape index (κ2) is 5.36. The number of nitrogens with zero attached hydrogens (tertiary/aromatic N) is 1. The first-order chi connectivity index (χ1) is 9.02. The predicted molar refractivity (Wildman–Crippen MR) is 70.7 cm³/mol. The highest BCUT2D eigenvalue weighted by atomic mass is 35.5. The summed E-state index contributed by atoms with van der Waals surface area (Å²) in [5, 5.41) is 0.220. The maximum absolute atomic E-state index is 13.5. The van der Waals surface area contributed by atoms with E-state index in [2.05, 4.69) is 9.72 Å². The Kier molecular flexibility index (Phi) is 3.81. The predicted octanol–water partition coefficient (Wildman–Crippen LogP) is 3.64. The van der Waals surface area contributed by atoms with Gasteiger partial charge < -0.3 is 4.74 Å². The van der Waals surface area contributed by atoms with Gasteiger partial charge in [0, 0.05) is 11.8 Å². The van der Waals surface area contributed by atoms with E-state index in [4.69, 9.17) is 11.6 Å². The van der Waals surface area contributed by atoms with Crippen LogP contribution in [-0.4, -0.2) is 18.1 Å². The third-order valence-electron chi connectivity index (χ3n) is 2.73. The Hall–Kier alpha value is -1.94. The van der Waals surface area contributed by atoms with Gasteiger partial charge in [0.05, 0.1) is 23.4 Å². The van der Waals surface area contributed by atoms with Gasteiger partial charge in [-0.05, 0) is 24.6 Å². The Labute approximate surface area is 115 Å². The third-order valence-corrected chi connectivity index (χ3v) is 3.04. The fourth-order valence-corrected chi connectivity index (χ4v) is 1.83. The van der Waals surface area contributed by atoms with Crippen molar-refractivity contribution in [1.82, 2.24) is 4.98 Å². The molecule has 2 rings (SSSR count). The van der Waals surface area contributed by atoms with Gasteiger partial charge in [0.1, 0.15) is 5.82 Å². The lowest BCUT2D eigenvalue weighted by Crippen LogP contribution is -2.03. The smallest absolute Gasteiger partial charge is 0.340 e. The largest absolute Gasteiger partial charge is 0.465 e. The van der Waals surface area contributed by atoms with E-state index in [1.54, 1.807) is 19.1 Å². The van der Waals surface area contributed by atoms with E-state index < -0.39 is 5.97 Å². The highest BCUT2D eigenvalue weighted by molar-refractivity contribution is 6.33. The van der Waals surface area contributed by atoms with Crippen LogP contribution in [-0.2, 0) is 4.74 Å². The molecule has 0 atom stereocenters. The lowest BCUT2D eigenvalue weighted by atomic mass is 10.1. The second-order valence-electron chi connectivity index (χ2n) is 4.00. The first-order valence-electron chi connectivity index (χ1n) is 5.53. The van der Waals surface area contributed by atoms with Crippen molar-refractivity contribution in [2.24, 2.45) is 0 Å². The molecule has 2 aromatic rings. The van der Waals surface area contributed by atoms with Gasteiger partial charge in [0.2, 0.25) is 0 Å². The zero-order chi connectivity index (χ0) is 14.0. The molecule has 0 radical (unpaired) electrons. The van der Waals surface area contributed by atoms with Crippen LogP contribution in [0.25, 0.3) is 11.3 Å². The molecule has 0 saturated heterocycles.